The van der Waals surface area contributed by atoms with Crippen molar-refractivity contribution < 1.29 is 27.5 Å². The lowest BCUT2D eigenvalue weighted by Gasteiger charge is -2.31. The second kappa shape index (κ2) is 10.3. The molecule has 3 rings (SSSR count). The van der Waals surface area contributed by atoms with Crippen LogP contribution in [0.4, 0.5) is 23.9 Å². The number of rotatable bonds is 6. The van der Waals surface area contributed by atoms with Gasteiger partial charge >= 0.3 is 12.3 Å². The quantitative estimate of drug-likeness (QED) is 0.596. The van der Waals surface area contributed by atoms with Gasteiger partial charge in [0, 0.05) is 24.4 Å². The molecule has 0 saturated carbocycles. The van der Waals surface area contributed by atoms with E-state index in [0.717, 1.165) is 4.73 Å². The molecule has 0 radical (unpaired) electrons. The van der Waals surface area contributed by atoms with Crippen LogP contribution in [0.2, 0.25) is 5.02 Å². The number of aromatic nitrogens is 2. The monoisotopic (exact) mass is 516 g/mol. The average molecular weight is 517 g/mol. The number of nitrogens with zero attached hydrogens (tertiary/aromatic N) is 3. The number of ether oxygens (including phenoxy) is 1. The highest BCUT2D eigenvalue weighted by atomic mass is 35.5. The van der Waals surface area contributed by atoms with E-state index in [4.69, 9.17) is 21.2 Å². The Morgan fingerprint density at radius 2 is 1.89 bits per heavy atom. The highest BCUT2D eigenvalue weighted by Gasteiger charge is 2.32. The van der Waals surface area contributed by atoms with Crippen LogP contribution in [0.5, 0.6) is 0 Å². The van der Waals surface area contributed by atoms with Crippen molar-refractivity contribution in [2.24, 2.45) is 0 Å². The minimum absolute atomic E-state index is 0.0194. The van der Waals surface area contributed by atoms with Gasteiger partial charge in [0.1, 0.15) is 12.7 Å². The normalized spacial score (nSPS) is 14.8. The molecule has 12 heteroatoms. The summed E-state index contributed by atoms with van der Waals surface area (Å²) in [5.41, 5.74) is -0.00381. The molecule has 1 aromatic heterocycles. The van der Waals surface area contributed by atoms with Crippen molar-refractivity contribution in [3.8, 4) is 0 Å². The number of carbonyl (C=O) groups excluding carboxylic acids is 1. The number of nitrogens with one attached hydrogen (secondary N) is 1. The Morgan fingerprint density at radius 3 is 2.46 bits per heavy atom. The van der Waals surface area contributed by atoms with Gasteiger partial charge in [0.15, 0.2) is 0 Å². The van der Waals surface area contributed by atoms with Crippen LogP contribution in [0.25, 0.3) is 0 Å². The lowest BCUT2D eigenvalue weighted by Crippen LogP contribution is -2.44. The number of amides is 1. The van der Waals surface area contributed by atoms with Crippen molar-refractivity contribution in [1.29, 1.82) is 0 Å². The molecule has 192 valence electrons. The molecule has 1 unspecified atom stereocenters. The molecule has 1 aromatic carbocycles. The first-order valence-corrected chi connectivity index (χ1v) is 11.4. The Balaban J connectivity index is 1.91. The van der Waals surface area contributed by atoms with E-state index in [-0.39, 0.29) is 37.4 Å². The molecule has 8 nitrogen and oxygen atoms in total. The van der Waals surface area contributed by atoms with Crippen LogP contribution in [0.1, 0.15) is 56.5 Å². The van der Waals surface area contributed by atoms with Gasteiger partial charge in [0.05, 0.1) is 23.8 Å². The molecule has 1 N–H and O–H groups in total. The van der Waals surface area contributed by atoms with Crippen molar-refractivity contribution in [3.63, 3.8) is 0 Å². The summed E-state index contributed by atoms with van der Waals surface area (Å²) >= 11 is 5.93. The third kappa shape index (κ3) is 7.03. The van der Waals surface area contributed by atoms with Crippen molar-refractivity contribution >= 4 is 23.6 Å². The maximum Gasteiger partial charge on any atom is 0.410 e. The minimum atomic E-state index is -4.36. The van der Waals surface area contributed by atoms with Crippen molar-refractivity contribution in [2.75, 3.05) is 19.0 Å². The number of hydrogen-bond acceptors (Lipinski definition) is 6. The van der Waals surface area contributed by atoms with E-state index in [0.29, 0.717) is 16.3 Å². The van der Waals surface area contributed by atoms with Gasteiger partial charge in [-0.05, 0) is 44.9 Å². The van der Waals surface area contributed by atoms with Crippen LogP contribution in [0.15, 0.2) is 29.1 Å². The van der Waals surface area contributed by atoms with Gasteiger partial charge in [-0.25, -0.2) is 9.78 Å². The number of anilines is 1. The average Bonchev–Trinajstić information content (AvgIpc) is 2.75. The predicted octanol–water partition coefficient (Wildman–Crippen LogP) is 4.74. The summed E-state index contributed by atoms with van der Waals surface area (Å²) in [5.74, 6) is -0.0240. The summed E-state index contributed by atoms with van der Waals surface area (Å²) in [6.07, 6.45) is -5.98. The van der Waals surface area contributed by atoms with Gasteiger partial charge in [-0.2, -0.15) is 13.2 Å². The first kappa shape index (κ1) is 26.7. The van der Waals surface area contributed by atoms with E-state index >= 15 is 0 Å². The first-order chi connectivity index (χ1) is 16.3. The van der Waals surface area contributed by atoms with Crippen LogP contribution in [0, 0.1) is 0 Å². The number of carbonyl (C=O) groups is 1. The summed E-state index contributed by atoms with van der Waals surface area (Å²) in [5, 5.41) is 3.38. The van der Waals surface area contributed by atoms with E-state index in [1.807, 2.05) is 0 Å². The molecule has 35 heavy (non-hydrogen) atoms. The molecule has 1 aliphatic rings. The molecule has 0 aliphatic carbocycles. The highest BCUT2D eigenvalue weighted by Crippen LogP contribution is 2.30. The van der Waals surface area contributed by atoms with Crippen LogP contribution < -0.4 is 15.7 Å². The third-order valence-corrected chi connectivity index (χ3v) is 5.57. The van der Waals surface area contributed by atoms with Gasteiger partial charge in [0.2, 0.25) is 5.95 Å². The molecule has 0 bridgehead atoms. The van der Waals surface area contributed by atoms with Gasteiger partial charge in [0.25, 0.3) is 5.56 Å². The van der Waals surface area contributed by atoms with Crippen molar-refractivity contribution in [3.05, 3.63) is 56.5 Å². The maximum absolute atomic E-state index is 13.2. The Labute approximate surface area is 205 Å². The van der Waals surface area contributed by atoms with Gasteiger partial charge < -0.3 is 19.8 Å². The lowest BCUT2D eigenvalue weighted by molar-refractivity contribution is -0.136. The topological polar surface area (TPSA) is 85.7 Å². The highest BCUT2D eigenvalue weighted by molar-refractivity contribution is 6.30. The molecular weight excluding hydrogens is 489 g/mol. The Hall–Kier alpha value is -2.95. The smallest absolute Gasteiger partial charge is 0.410 e. The third-order valence-electron chi connectivity index (χ3n) is 5.32. The number of halogens is 4. The number of alkyl halides is 3. The fourth-order valence-electron chi connectivity index (χ4n) is 3.68. The molecule has 0 fully saturated rings. The SMILES string of the molecule is COn1c(NC(CCC(F)(F)F)c2ccc(Cl)cc2)nc2c(c1=O)CN(C(=O)OC(C)(C)C)CC2. The zero-order chi connectivity index (χ0) is 26.0. The largest absolute Gasteiger partial charge is 0.444 e. The van der Waals surface area contributed by atoms with E-state index in [2.05, 4.69) is 10.3 Å². The van der Waals surface area contributed by atoms with Gasteiger partial charge in [-0.1, -0.05) is 23.7 Å². The molecule has 0 spiro atoms. The zero-order valence-electron chi connectivity index (χ0n) is 19.9. The fourth-order valence-corrected chi connectivity index (χ4v) is 3.81. The maximum atomic E-state index is 13.2. The first-order valence-electron chi connectivity index (χ1n) is 11.0. The Kier molecular flexibility index (Phi) is 7.88. The zero-order valence-corrected chi connectivity index (χ0v) is 20.7. The Bertz CT molecular complexity index is 1110. The van der Waals surface area contributed by atoms with E-state index in [1.54, 1.807) is 45.0 Å². The second-order valence-corrected chi connectivity index (χ2v) is 9.63. The summed E-state index contributed by atoms with van der Waals surface area (Å²) in [6, 6.07) is 5.57. The molecule has 1 amide bonds. The van der Waals surface area contributed by atoms with Crippen molar-refractivity contribution in [2.45, 2.75) is 64.4 Å². The van der Waals surface area contributed by atoms with Crippen LogP contribution in [-0.2, 0) is 17.7 Å². The summed E-state index contributed by atoms with van der Waals surface area (Å²) in [4.78, 5) is 36.8. The van der Waals surface area contributed by atoms with Gasteiger partial charge in [-0.15, -0.1) is 4.73 Å². The fraction of sp³-hybridized carbons (Fsp3) is 0.522. The molecule has 1 aliphatic heterocycles. The standard InChI is InChI=1S/C23H28ClF3N4O4/c1-22(2,3)35-21(33)30-12-10-18-16(13-30)19(32)31(34-4)20(29-18)28-17(9-11-23(25,26)27)14-5-7-15(24)8-6-14/h5-8,17H,9-13H2,1-4H3,(H,28,29). The summed E-state index contributed by atoms with van der Waals surface area (Å²) < 4.78 is 45.2. The lowest BCUT2D eigenvalue weighted by atomic mass is 10.0. The molecule has 2 heterocycles. The molecule has 0 saturated heterocycles. The molecular formula is C23H28ClF3N4O4. The number of fused-ring (bicyclic) bond motifs is 1. The second-order valence-electron chi connectivity index (χ2n) is 9.20. The summed E-state index contributed by atoms with van der Waals surface area (Å²) in [7, 11) is 1.25. The van der Waals surface area contributed by atoms with Gasteiger partial charge in [-0.3, -0.25) is 4.79 Å². The van der Waals surface area contributed by atoms with E-state index in [9.17, 15) is 22.8 Å². The van der Waals surface area contributed by atoms with Crippen LogP contribution in [0.3, 0.4) is 0 Å². The van der Waals surface area contributed by atoms with Crippen LogP contribution >= 0.6 is 11.6 Å². The van der Waals surface area contributed by atoms with E-state index < -0.39 is 35.9 Å². The minimum Gasteiger partial charge on any atom is -0.444 e. The molecule has 2 aromatic rings. The molecule has 1 atom stereocenters. The Morgan fingerprint density at radius 1 is 1.23 bits per heavy atom. The van der Waals surface area contributed by atoms with E-state index in [1.165, 1.54) is 12.0 Å². The van der Waals surface area contributed by atoms with Crippen LogP contribution in [-0.4, -0.2) is 46.1 Å². The number of benzene rings is 1. The summed E-state index contributed by atoms with van der Waals surface area (Å²) in [6.45, 7) is 5.50. The predicted molar refractivity (Wildman–Crippen MR) is 124 cm³/mol. The van der Waals surface area contributed by atoms with Crippen molar-refractivity contribution in [1.82, 2.24) is 14.6 Å². The number of hydrogen-bond donors (Lipinski definition) is 1.